The Balaban J connectivity index is 1.21. The van der Waals surface area contributed by atoms with E-state index in [2.05, 4.69) is 0 Å². The molecule has 3 aliphatic rings. The van der Waals surface area contributed by atoms with Crippen LogP contribution in [0.4, 0.5) is 0 Å². The molecule has 0 amide bonds. The lowest BCUT2D eigenvalue weighted by Gasteiger charge is -2.28. The zero-order valence-electron chi connectivity index (χ0n) is 14.6. The summed E-state index contributed by atoms with van der Waals surface area (Å²) in [5, 5.41) is 9.26. The number of aromatic hydroxyl groups is 1. The van der Waals surface area contributed by atoms with E-state index in [1.165, 1.54) is 12.1 Å². The van der Waals surface area contributed by atoms with Crippen molar-refractivity contribution in [2.75, 3.05) is 0 Å². The molecule has 26 heavy (non-hydrogen) atoms. The largest absolute Gasteiger partial charge is 0.508 e. The second kappa shape index (κ2) is 7.27. The van der Waals surface area contributed by atoms with E-state index >= 15 is 0 Å². The molecule has 0 aromatic heterocycles. The minimum Gasteiger partial charge on any atom is -0.508 e. The molecule has 4 rings (SSSR count). The molecule has 0 radical (unpaired) electrons. The van der Waals surface area contributed by atoms with E-state index in [0.29, 0.717) is 37.5 Å². The van der Waals surface area contributed by atoms with E-state index in [1.54, 1.807) is 12.1 Å². The number of fused-ring (bicyclic) bond motifs is 1. The number of hydrogen-bond acceptors (Lipinski definition) is 6. The van der Waals surface area contributed by atoms with Crippen molar-refractivity contribution in [3.8, 4) is 11.5 Å². The Bertz CT molecular complexity index is 661. The maximum atomic E-state index is 12.3. The van der Waals surface area contributed by atoms with Gasteiger partial charge in [0.15, 0.2) is 0 Å². The van der Waals surface area contributed by atoms with Crippen LogP contribution in [0, 0.1) is 11.8 Å². The normalized spacial score (nSPS) is 33.0. The Morgan fingerprint density at radius 2 is 1.58 bits per heavy atom. The van der Waals surface area contributed by atoms with Gasteiger partial charge >= 0.3 is 11.9 Å². The van der Waals surface area contributed by atoms with Crippen molar-refractivity contribution < 1.29 is 28.9 Å². The molecule has 1 aromatic carbocycles. The maximum Gasteiger partial charge on any atom is 0.314 e. The van der Waals surface area contributed by atoms with Crippen LogP contribution in [-0.4, -0.2) is 35.4 Å². The van der Waals surface area contributed by atoms with E-state index < -0.39 is 0 Å². The number of benzene rings is 1. The van der Waals surface area contributed by atoms with Gasteiger partial charge in [-0.25, -0.2) is 0 Å². The van der Waals surface area contributed by atoms with Crippen LogP contribution < -0.4 is 4.74 Å². The second-order valence-corrected chi connectivity index (χ2v) is 7.55. The van der Waals surface area contributed by atoms with Crippen molar-refractivity contribution in [1.29, 1.82) is 0 Å². The van der Waals surface area contributed by atoms with Crippen molar-refractivity contribution in [2.24, 2.45) is 11.8 Å². The zero-order valence-corrected chi connectivity index (χ0v) is 14.6. The number of epoxide rings is 1. The highest BCUT2D eigenvalue weighted by Gasteiger charge is 2.46. The Morgan fingerprint density at radius 3 is 2.27 bits per heavy atom. The van der Waals surface area contributed by atoms with Gasteiger partial charge in [0.2, 0.25) is 0 Å². The van der Waals surface area contributed by atoms with Crippen LogP contribution in [0.5, 0.6) is 11.5 Å². The molecular weight excluding hydrogens is 336 g/mol. The molecule has 1 aliphatic heterocycles. The third kappa shape index (κ3) is 4.01. The molecular formula is C20H24O6. The summed E-state index contributed by atoms with van der Waals surface area (Å²) < 4.78 is 16.5. The molecule has 3 unspecified atom stereocenters. The lowest BCUT2D eigenvalue weighted by Crippen LogP contribution is -2.32. The first-order valence-corrected chi connectivity index (χ1v) is 9.45. The average Bonchev–Trinajstić information content (AvgIpc) is 3.43. The Labute approximate surface area is 152 Å². The van der Waals surface area contributed by atoms with Crippen LogP contribution in [0.1, 0.15) is 44.9 Å². The van der Waals surface area contributed by atoms with Crippen molar-refractivity contribution >= 4 is 11.9 Å². The smallest absolute Gasteiger partial charge is 0.314 e. The van der Waals surface area contributed by atoms with Crippen LogP contribution in [0.3, 0.4) is 0 Å². The van der Waals surface area contributed by atoms with E-state index in [9.17, 15) is 14.7 Å². The lowest BCUT2D eigenvalue weighted by atomic mass is 9.86. The molecule has 1 aromatic rings. The highest BCUT2D eigenvalue weighted by molar-refractivity contribution is 5.75. The first-order chi connectivity index (χ1) is 12.6. The summed E-state index contributed by atoms with van der Waals surface area (Å²) in [5.74, 6) is -0.00293. The molecule has 6 heteroatoms. The van der Waals surface area contributed by atoms with Crippen LogP contribution in [0.2, 0.25) is 0 Å². The summed E-state index contributed by atoms with van der Waals surface area (Å²) in [7, 11) is 0. The van der Waals surface area contributed by atoms with Gasteiger partial charge in [-0.3, -0.25) is 9.59 Å². The van der Waals surface area contributed by atoms with Crippen molar-refractivity contribution in [3.05, 3.63) is 24.3 Å². The highest BCUT2D eigenvalue weighted by Crippen LogP contribution is 2.40. The molecule has 0 bridgehead atoms. The SMILES string of the molecule is O=C(Oc1ccc(O)cc1)C1CCC(OC(=O)C2CCC3OC3C2)CC1. The number of carbonyl (C=O) groups excluding carboxylic acids is 2. The van der Waals surface area contributed by atoms with E-state index in [-0.39, 0.29) is 41.7 Å². The molecule has 3 atom stereocenters. The number of esters is 2. The maximum absolute atomic E-state index is 12.3. The van der Waals surface area contributed by atoms with Gasteiger partial charge in [0.1, 0.15) is 17.6 Å². The van der Waals surface area contributed by atoms with Crippen LogP contribution in [0.25, 0.3) is 0 Å². The van der Waals surface area contributed by atoms with Gasteiger partial charge < -0.3 is 19.3 Å². The number of rotatable bonds is 4. The third-order valence-corrected chi connectivity index (χ3v) is 5.68. The predicted octanol–water partition coefficient (Wildman–Crippen LogP) is 2.97. The van der Waals surface area contributed by atoms with E-state index in [4.69, 9.17) is 14.2 Å². The van der Waals surface area contributed by atoms with Gasteiger partial charge in [-0.1, -0.05) is 0 Å². The fraction of sp³-hybridized carbons (Fsp3) is 0.600. The topological polar surface area (TPSA) is 85.4 Å². The molecule has 140 valence electrons. The average molecular weight is 360 g/mol. The third-order valence-electron chi connectivity index (χ3n) is 5.68. The van der Waals surface area contributed by atoms with Crippen molar-refractivity contribution in [2.45, 2.75) is 63.3 Å². The minimum atomic E-state index is -0.260. The van der Waals surface area contributed by atoms with Gasteiger partial charge in [-0.2, -0.15) is 0 Å². The Morgan fingerprint density at radius 1 is 0.885 bits per heavy atom. The molecule has 3 fully saturated rings. The summed E-state index contributed by atoms with van der Waals surface area (Å²) >= 11 is 0. The highest BCUT2D eigenvalue weighted by atomic mass is 16.6. The molecule has 0 spiro atoms. The number of phenolic OH excluding ortho intramolecular Hbond substituents is 1. The van der Waals surface area contributed by atoms with Gasteiger partial charge in [0, 0.05) is 0 Å². The molecule has 2 saturated carbocycles. The fourth-order valence-electron chi connectivity index (χ4n) is 4.01. The van der Waals surface area contributed by atoms with Gasteiger partial charge in [-0.05, 0) is 69.2 Å². The van der Waals surface area contributed by atoms with E-state index in [0.717, 1.165) is 19.3 Å². The number of phenols is 1. The number of carbonyl (C=O) groups is 2. The molecule has 1 heterocycles. The van der Waals surface area contributed by atoms with Crippen molar-refractivity contribution in [3.63, 3.8) is 0 Å². The minimum absolute atomic E-state index is 0.0315. The first-order valence-electron chi connectivity index (χ1n) is 9.45. The van der Waals surface area contributed by atoms with Gasteiger partial charge in [0.05, 0.1) is 24.0 Å². The molecule has 2 aliphatic carbocycles. The zero-order chi connectivity index (χ0) is 18.1. The quantitative estimate of drug-likeness (QED) is 0.505. The predicted molar refractivity (Wildman–Crippen MR) is 91.6 cm³/mol. The summed E-state index contributed by atoms with van der Waals surface area (Å²) in [4.78, 5) is 24.6. The van der Waals surface area contributed by atoms with Gasteiger partial charge in [0.25, 0.3) is 0 Å². The fourth-order valence-corrected chi connectivity index (χ4v) is 4.01. The summed E-state index contributed by atoms with van der Waals surface area (Å²) in [6.07, 6.45) is 5.86. The van der Waals surface area contributed by atoms with Crippen LogP contribution in [-0.2, 0) is 19.1 Å². The number of ether oxygens (including phenoxy) is 3. The second-order valence-electron chi connectivity index (χ2n) is 7.55. The summed E-state index contributed by atoms with van der Waals surface area (Å²) in [6, 6.07) is 6.11. The Kier molecular flexibility index (Phi) is 4.85. The standard InChI is InChI=1S/C20H24O6/c21-14-4-8-16(9-5-14)24-19(22)12-1-6-15(7-2-12)25-20(23)13-3-10-17-18(11-13)26-17/h4-5,8-9,12-13,15,17-18,21H,1-3,6-7,10-11H2. The molecule has 1 N–H and O–H groups in total. The van der Waals surface area contributed by atoms with Crippen molar-refractivity contribution in [1.82, 2.24) is 0 Å². The first kappa shape index (κ1) is 17.3. The van der Waals surface area contributed by atoms with Crippen LogP contribution >= 0.6 is 0 Å². The summed E-state index contributed by atoms with van der Waals surface area (Å²) in [6.45, 7) is 0. The molecule has 6 nitrogen and oxygen atoms in total. The van der Waals surface area contributed by atoms with E-state index in [1.807, 2.05) is 0 Å². The Hall–Kier alpha value is -2.08. The number of hydrogen-bond donors (Lipinski definition) is 1. The van der Waals surface area contributed by atoms with Crippen LogP contribution in [0.15, 0.2) is 24.3 Å². The lowest BCUT2D eigenvalue weighted by molar-refractivity contribution is -0.157. The van der Waals surface area contributed by atoms with Gasteiger partial charge in [-0.15, -0.1) is 0 Å². The molecule has 1 saturated heterocycles. The monoisotopic (exact) mass is 360 g/mol. The summed E-state index contributed by atoms with van der Waals surface area (Å²) in [5.41, 5.74) is 0.